The third-order valence-electron chi connectivity index (χ3n) is 2.79. The van der Waals surface area contributed by atoms with Crippen molar-refractivity contribution in [2.75, 3.05) is 11.9 Å². The van der Waals surface area contributed by atoms with Crippen LogP contribution in [-0.2, 0) is 6.54 Å². The van der Waals surface area contributed by atoms with E-state index < -0.39 is 0 Å². The van der Waals surface area contributed by atoms with Gasteiger partial charge in [-0.15, -0.1) is 0 Å². The first-order valence-electron chi connectivity index (χ1n) is 5.69. The molecule has 2 rings (SSSR count). The number of hydrogen-bond acceptors (Lipinski definition) is 3. The summed E-state index contributed by atoms with van der Waals surface area (Å²) in [4.78, 5) is 17.7. The van der Waals surface area contributed by atoms with Crippen molar-refractivity contribution in [2.24, 2.45) is 5.73 Å². The van der Waals surface area contributed by atoms with Crippen LogP contribution >= 0.6 is 0 Å². The van der Waals surface area contributed by atoms with Crippen LogP contribution in [0.15, 0.2) is 48.8 Å². The number of carbonyl (C=O) groups is 1. The van der Waals surface area contributed by atoms with Gasteiger partial charge in [-0.2, -0.15) is 0 Å². The molecule has 0 saturated carbocycles. The van der Waals surface area contributed by atoms with Gasteiger partial charge in [0.05, 0.1) is 0 Å². The van der Waals surface area contributed by atoms with Gasteiger partial charge in [-0.05, 0) is 29.8 Å². The van der Waals surface area contributed by atoms with E-state index in [0.717, 1.165) is 11.3 Å². The van der Waals surface area contributed by atoms with Gasteiger partial charge in [-0.1, -0.05) is 12.1 Å². The molecule has 0 radical (unpaired) electrons. The van der Waals surface area contributed by atoms with Crippen molar-refractivity contribution in [3.63, 3.8) is 0 Å². The van der Waals surface area contributed by atoms with Gasteiger partial charge in [-0.3, -0.25) is 9.78 Å². The first kappa shape index (κ1) is 12.3. The number of benzene rings is 1. The number of nitrogens with zero attached hydrogens (tertiary/aromatic N) is 2. The van der Waals surface area contributed by atoms with Gasteiger partial charge in [0.15, 0.2) is 0 Å². The standard InChI is InChI=1S/C14H15N3O/c1-17(13-4-2-11(10-15)3-5-13)14(18)12-6-8-16-9-7-12/h2-9H,10,15H2,1H3. The second kappa shape index (κ2) is 5.42. The van der Waals surface area contributed by atoms with Gasteiger partial charge in [0.1, 0.15) is 0 Å². The summed E-state index contributed by atoms with van der Waals surface area (Å²) in [5.41, 5.74) is 8.05. The smallest absolute Gasteiger partial charge is 0.258 e. The van der Waals surface area contributed by atoms with E-state index in [1.807, 2.05) is 24.3 Å². The van der Waals surface area contributed by atoms with Crippen molar-refractivity contribution in [3.8, 4) is 0 Å². The van der Waals surface area contributed by atoms with Gasteiger partial charge in [0.25, 0.3) is 5.91 Å². The molecule has 0 atom stereocenters. The molecule has 0 spiro atoms. The lowest BCUT2D eigenvalue weighted by atomic mass is 10.2. The number of hydrogen-bond donors (Lipinski definition) is 1. The predicted octanol–water partition coefficient (Wildman–Crippen LogP) is 1.82. The number of nitrogens with two attached hydrogens (primary N) is 1. The third kappa shape index (κ3) is 2.55. The van der Waals surface area contributed by atoms with E-state index in [9.17, 15) is 4.79 Å². The van der Waals surface area contributed by atoms with Crippen LogP contribution in [0.1, 0.15) is 15.9 Å². The Morgan fingerprint density at radius 3 is 2.33 bits per heavy atom. The van der Waals surface area contributed by atoms with Gasteiger partial charge in [0.2, 0.25) is 0 Å². The van der Waals surface area contributed by atoms with Gasteiger partial charge in [-0.25, -0.2) is 0 Å². The highest BCUT2D eigenvalue weighted by Gasteiger charge is 2.12. The van der Waals surface area contributed by atoms with Crippen LogP contribution in [0.3, 0.4) is 0 Å². The summed E-state index contributed by atoms with van der Waals surface area (Å²) < 4.78 is 0. The topological polar surface area (TPSA) is 59.2 Å². The summed E-state index contributed by atoms with van der Waals surface area (Å²) in [6, 6.07) is 11.0. The van der Waals surface area contributed by atoms with Crippen LogP contribution in [0.25, 0.3) is 0 Å². The second-order valence-electron chi connectivity index (χ2n) is 3.97. The van der Waals surface area contributed by atoms with Crippen LogP contribution in [-0.4, -0.2) is 17.9 Å². The van der Waals surface area contributed by atoms with Gasteiger partial charge >= 0.3 is 0 Å². The number of aromatic nitrogens is 1. The number of rotatable bonds is 3. The van der Waals surface area contributed by atoms with Crippen LogP contribution in [0.2, 0.25) is 0 Å². The van der Waals surface area contributed by atoms with Gasteiger partial charge < -0.3 is 10.6 Å². The second-order valence-corrected chi connectivity index (χ2v) is 3.97. The highest BCUT2D eigenvalue weighted by atomic mass is 16.2. The third-order valence-corrected chi connectivity index (χ3v) is 2.79. The molecule has 4 nitrogen and oxygen atoms in total. The highest BCUT2D eigenvalue weighted by Crippen LogP contribution is 2.16. The Hall–Kier alpha value is -2.20. The van der Waals surface area contributed by atoms with Crippen molar-refractivity contribution in [1.29, 1.82) is 0 Å². The molecule has 1 heterocycles. The molecule has 1 amide bonds. The molecule has 4 heteroatoms. The zero-order chi connectivity index (χ0) is 13.0. The minimum absolute atomic E-state index is 0.0575. The van der Waals surface area contributed by atoms with Crippen LogP contribution in [0.4, 0.5) is 5.69 Å². The SMILES string of the molecule is CN(C(=O)c1ccncc1)c1ccc(CN)cc1. The molecule has 0 fully saturated rings. The summed E-state index contributed by atoms with van der Waals surface area (Å²) in [7, 11) is 1.75. The Bertz CT molecular complexity index is 522. The Labute approximate surface area is 106 Å². The maximum Gasteiger partial charge on any atom is 0.258 e. The first-order valence-corrected chi connectivity index (χ1v) is 5.69. The monoisotopic (exact) mass is 241 g/mol. The fourth-order valence-electron chi connectivity index (χ4n) is 1.66. The number of anilines is 1. The lowest BCUT2D eigenvalue weighted by molar-refractivity contribution is 0.0993. The lowest BCUT2D eigenvalue weighted by Crippen LogP contribution is -2.26. The fraction of sp³-hybridized carbons (Fsp3) is 0.143. The summed E-state index contributed by atoms with van der Waals surface area (Å²) in [5, 5.41) is 0. The molecule has 1 aromatic carbocycles. The molecule has 0 unspecified atom stereocenters. The number of pyridine rings is 1. The zero-order valence-corrected chi connectivity index (χ0v) is 10.2. The van der Waals surface area contributed by atoms with E-state index in [1.165, 1.54) is 0 Å². The van der Waals surface area contributed by atoms with E-state index in [0.29, 0.717) is 12.1 Å². The predicted molar refractivity (Wildman–Crippen MR) is 71.3 cm³/mol. The average molecular weight is 241 g/mol. The highest BCUT2D eigenvalue weighted by molar-refractivity contribution is 6.05. The minimum atomic E-state index is -0.0575. The van der Waals surface area contributed by atoms with E-state index >= 15 is 0 Å². The number of carbonyl (C=O) groups excluding carboxylic acids is 1. The van der Waals surface area contributed by atoms with Crippen molar-refractivity contribution in [1.82, 2.24) is 4.98 Å². The van der Waals surface area contributed by atoms with E-state index in [-0.39, 0.29) is 5.91 Å². The Morgan fingerprint density at radius 2 is 1.78 bits per heavy atom. The van der Waals surface area contributed by atoms with Crippen molar-refractivity contribution >= 4 is 11.6 Å². The summed E-state index contributed by atoms with van der Waals surface area (Å²) in [5.74, 6) is -0.0575. The summed E-state index contributed by atoms with van der Waals surface area (Å²) in [6.45, 7) is 0.502. The molecule has 0 aliphatic rings. The molecule has 18 heavy (non-hydrogen) atoms. The normalized spacial score (nSPS) is 10.1. The molecular formula is C14H15N3O. The first-order chi connectivity index (χ1) is 8.72. The van der Waals surface area contributed by atoms with Crippen LogP contribution in [0.5, 0.6) is 0 Å². The number of amides is 1. The zero-order valence-electron chi connectivity index (χ0n) is 10.2. The minimum Gasteiger partial charge on any atom is -0.326 e. The maximum absolute atomic E-state index is 12.2. The molecule has 92 valence electrons. The van der Waals surface area contributed by atoms with Crippen LogP contribution in [0, 0.1) is 0 Å². The fourth-order valence-corrected chi connectivity index (χ4v) is 1.66. The van der Waals surface area contributed by atoms with E-state index in [1.54, 1.807) is 36.5 Å². The molecular weight excluding hydrogens is 226 g/mol. The van der Waals surface area contributed by atoms with E-state index in [2.05, 4.69) is 4.98 Å². The molecule has 1 aromatic heterocycles. The summed E-state index contributed by atoms with van der Waals surface area (Å²) in [6.07, 6.45) is 3.22. The molecule has 0 aliphatic carbocycles. The molecule has 0 saturated heterocycles. The van der Waals surface area contributed by atoms with Crippen molar-refractivity contribution in [2.45, 2.75) is 6.54 Å². The molecule has 0 aliphatic heterocycles. The van der Waals surface area contributed by atoms with E-state index in [4.69, 9.17) is 5.73 Å². The van der Waals surface area contributed by atoms with Gasteiger partial charge in [0, 0.05) is 37.2 Å². The van der Waals surface area contributed by atoms with Crippen molar-refractivity contribution in [3.05, 3.63) is 59.9 Å². The molecule has 2 aromatic rings. The van der Waals surface area contributed by atoms with Crippen molar-refractivity contribution < 1.29 is 4.79 Å². The van der Waals surface area contributed by atoms with Crippen LogP contribution < -0.4 is 10.6 Å². The molecule has 0 bridgehead atoms. The molecule has 2 N–H and O–H groups in total. The Balaban J connectivity index is 2.20. The largest absolute Gasteiger partial charge is 0.326 e. The Kier molecular flexibility index (Phi) is 3.69. The Morgan fingerprint density at radius 1 is 1.17 bits per heavy atom. The average Bonchev–Trinajstić information content (AvgIpc) is 2.47. The maximum atomic E-state index is 12.2. The quantitative estimate of drug-likeness (QED) is 0.891. The lowest BCUT2D eigenvalue weighted by Gasteiger charge is -2.17. The summed E-state index contributed by atoms with van der Waals surface area (Å²) >= 11 is 0.